The molecule has 2 heterocycles. The molecule has 5 heteroatoms. The molecule has 2 aromatic rings. The van der Waals surface area contributed by atoms with Crippen LogP contribution in [0.5, 0.6) is 5.75 Å². The maximum absolute atomic E-state index is 12.3. The van der Waals surface area contributed by atoms with E-state index in [0.29, 0.717) is 23.6 Å². The van der Waals surface area contributed by atoms with Gasteiger partial charge in [0.1, 0.15) is 12.4 Å². The normalized spacial score (nSPS) is 13.9. The number of benzene rings is 1. The first kappa shape index (κ1) is 11.3. The van der Waals surface area contributed by atoms with Gasteiger partial charge in [0.15, 0.2) is 10.4 Å². The van der Waals surface area contributed by atoms with Gasteiger partial charge in [-0.25, -0.2) is 0 Å². The molecule has 3 rings (SSSR count). The van der Waals surface area contributed by atoms with Crippen LogP contribution < -0.4 is 9.64 Å². The number of para-hydroxylation sites is 2. The number of rotatable bonds is 1. The molecule has 0 aliphatic carbocycles. The summed E-state index contributed by atoms with van der Waals surface area (Å²) in [4.78, 5) is 14.0. The SMILES string of the molecule is O=C(c1ccc(Br)o1)N1CCOc2ccccc21. The summed E-state index contributed by atoms with van der Waals surface area (Å²) in [6.45, 7) is 1.01. The van der Waals surface area contributed by atoms with Gasteiger partial charge < -0.3 is 9.15 Å². The van der Waals surface area contributed by atoms with E-state index in [9.17, 15) is 4.79 Å². The Morgan fingerprint density at radius 1 is 1.22 bits per heavy atom. The van der Waals surface area contributed by atoms with Crippen molar-refractivity contribution >= 4 is 27.5 Å². The summed E-state index contributed by atoms with van der Waals surface area (Å²) in [5.74, 6) is 0.887. The van der Waals surface area contributed by atoms with Crippen molar-refractivity contribution < 1.29 is 13.9 Å². The Balaban J connectivity index is 1.96. The molecule has 1 aliphatic rings. The van der Waals surface area contributed by atoms with Crippen LogP contribution in [-0.4, -0.2) is 19.1 Å². The highest BCUT2D eigenvalue weighted by atomic mass is 79.9. The predicted molar refractivity (Wildman–Crippen MR) is 70.0 cm³/mol. The zero-order valence-corrected chi connectivity index (χ0v) is 11.0. The molecule has 1 aromatic heterocycles. The Bertz CT molecular complexity index is 593. The Hall–Kier alpha value is -1.75. The highest BCUT2D eigenvalue weighted by Crippen LogP contribution is 2.32. The van der Waals surface area contributed by atoms with Gasteiger partial charge in [-0.05, 0) is 40.2 Å². The van der Waals surface area contributed by atoms with Crippen LogP contribution in [0.4, 0.5) is 5.69 Å². The van der Waals surface area contributed by atoms with Crippen LogP contribution in [0.2, 0.25) is 0 Å². The average molecular weight is 308 g/mol. The molecule has 0 fully saturated rings. The third-order valence-electron chi connectivity index (χ3n) is 2.76. The number of ether oxygens (including phenoxy) is 1. The van der Waals surface area contributed by atoms with E-state index in [4.69, 9.17) is 9.15 Å². The van der Waals surface area contributed by atoms with Gasteiger partial charge in [0, 0.05) is 0 Å². The van der Waals surface area contributed by atoms with E-state index in [2.05, 4.69) is 15.9 Å². The Morgan fingerprint density at radius 3 is 2.83 bits per heavy atom. The molecule has 0 spiro atoms. The first-order chi connectivity index (χ1) is 8.75. The standard InChI is InChI=1S/C13H10BrNO3/c14-12-6-5-11(18-12)13(16)15-7-8-17-10-4-2-1-3-9(10)15/h1-6H,7-8H2. The van der Waals surface area contributed by atoms with E-state index in [1.54, 1.807) is 17.0 Å². The van der Waals surface area contributed by atoms with Gasteiger partial charge in [0.2, 0.25) is 0 Å². The Kier molecular flexibility index (Phi) is 2.83. The number of furan rings is 1. The molecule has 0 bridgehead atoms. The minimum atomic E-state index is -0.156. The van der Waals surface area contributed by atoms with Crippen LogP contribution in [-0.2, 0) is 0 Å². The molecule has 18 heavy (non-hydrogen) atoms. The first-order valence-electron chi connectivity index (χ1n) is 5.55. The highest BCUT2D eigenvalue weighted by molar-refractivity contribution is 9.10. The molecule has 0 atom stereocenters. The molecule has 0 radical (unpaired) electrons. The van der Waals surface area contributed by atoms with Gasteiger partial charge in [-0.1, -0.05) is 12.1 Å². The van der Waals surface area contributed by atoms with E-state index >= 15 is 0 Å². The monoisotopic (exact) mass is 307 g/mol. The second kappa shape index (κ2) is 4.49. The zero-order valence-electron chi connectivity index (χ0n) is 9.43. The van der Waals surface area contributed by atoms with E-state index < -0.39 is 0 Å². The predicted octanol–water partition coefficient (Wildman–Crippen LogP) is 3.08. The molecular weight excluding hydrogens is 298 g/mol. The number of amides is 1. The molecule has 0 saturated heterocycles. The van der Waals surface area contributed by atoms with Crippen molar-refractivity contribution in [1.82, 2.24) is 0 Å². The van der Waals surface area contributed by atoms with Gasteiger partial charge in [0.25, 0.3) is 5.91 Å². The van der Waals surface area contributed by atoms with Crippen molar-refractivity contribution in [3.05, 3.63) is 46.8 Å². The zero-order chi connectivity index (χ0) is 12.5. The maximum atomic E-state index is 12.3. The van der Waals surface area contributed by atoms with Crippen LogP contribution in [0.15, 0.2) is 45.5 Å². The number of anilines is 1. The van der Waals surface area contributed by atoms with E-state index in [1.165, 1.54) is 0 Å². The van der Waals surface area contributed by atoms with Crippen LogP contribution >= 0.6 is 15.9 Å². The number of nitrogens with zero attached hydrogens (tertiary/aromatic N) is 1. The molecule has 1 amide bonds. The smallest absolute Gasteiger partial charge is 0.294 e. The number of halogens is 1. The topological polar surface area (TPSA) is 42.7 Å². The fourth-order valence-electron chi connectivity index (χ4n) is 1.94. The molecule has 0 N–H and O–H groups in total. The minimum Gasteiger partial charge on any atom is -0.490 e. The Labute approximate surface area is 112 Å². The summed E-state index contributed by atoms with van der Waals surface area (Å²) < 4.78 is 11.4. The molecule has 1 aromatic carbocycles. The van der Waals surface area contributed by atoms with Crippen molar-refractivity contribution in [2.24, 2.45) is 0 Å². The summed E-state index contributed by atoms with van der Waals surface area (Å²) in [6, 6.07) is 10.9. The van der Waals surface area contributed by atoms with E-state index in [0.717, 1.165) is 11.4 Å². The average Bonchev–Trinajstić information content (AvgIpc) is 2.84. The fraction of sp³-hybridized carbons (Fsp3) is 0.154. The van der Waals surface area contributed by atoms with E-state index in [1.807, 2.05) is 24.3 Å². The summed E-state index contributed by atoms with van der Waals surface area (Å²) in [5.41, 5.74) is 0.779. The number of hydrogen-bond donors (Lipinski definition) is 0. The number of fused-ring (bicyclic) bond motifs is 1. The van der Waals surface area contributed by atoms with Crippen LogP contribution in [0.25, 0.3) is 0 Å². The summed E-state index contributed by atoms with van der Waals surface area (Å²) in [5, 5.41) is 0. The quantitative estimate of drug-likeness (QED) is 0.813. The lowest BCUT2D eigenvalue weighted by Crippen LogP contribution is -2.37. The van der Waals surface area contributed by atoms with Crippen LogP contribution in [0.3, 0.4) is 0 Å². The summed E-state index contributed by atoms with van der Waals surface area (Å²) in [6.07, 6.45) is 0. The third-order valence-corrected chi connectivity index (χ3v) is 3.18. The second-order valence-corrected chi connectivity index (χ2v) is 4.66. The van der Waals surface area contributed by atoms with Gasteiger partial charge in [-0.15, -0.1) is 0 Å². The third kappa shape index (κ3) is 1.90. The molecular formula is C13H10BrNO3. The lowest BCUT2D eigenvalue weighted by Gasteiger charge is -2.28. The van der Waals surface area contributed by atoms with Gasteiger partial charge in [-0.2, -0.15) is 0 Å². The van der Waals surface area contributed by atoms with Crippen LogP contribution in [0, 0.1) is 0 Å². The summed E-state index contributed by atoms with van der Waals surface area (Å²) in [7, 11) is 0. The summed E-state index contributed by atoms with van der Waals surface area (Å²) >= 11 is 3.19. The fourth-order valence-corrected chi connectivity index (χ4v) is 2.25. The first-order valence-corrected chi connectivity index (χ1v) is 6.34. The van der Waals surface area contributed by atoms with Crippen molar-refractivity contribution in [3.8, 4) is 5.75 Å². The van der Waals surface area contributed by atoms with Crippen molar-refractivity contribution in [3.63, 3.8) is 0 Å². The largest absolute Gasteiger partial charge is 0.490 e. The highest BCUT2D eigenvalue weighted by Gasteiger charge is 2.26. The lowest BCUT2D eigenvalue weighted by atomic mass is 10.2. The molecule has 1 aliphatic heterocycles. The van der Waals surface area contributed by atoms with Crippen LogP contribution in [0.1, 0.15) is 10.6 Å². The second-order valence-electron chi connectivity index (χ2n) is 3.88. The van der Waals surface area contributed by atoms with Gasteiger partial charge in [-0.3, -0.25) is 9.69 Å². The van der Waals surface area contributed by atoms with Crippen molar-refractivity contribution in [2.45, 2.75) is 0 Å². The van der Waals surface area contributed by atoms with Gasteiger partial charge >= 0.3 is 0 Å². The molecule has 92 valence electrons. The number of hydrogen-bond acceptors (Lipinski definition) is 3. The molecule has 0 unspecified atom stereocenters. The number of carbonyl (C=O) groups excluding carboxylic acids is 1. The van der Waals surface area contributed by atoms with Crippen molar-refractivity contribution in [2.75, 3.05) is 18.1 Å². The Morgan fingerprint density at radius 2 is 2.06 bits per heavy atom. The maximum Gasteiger partial charge on any atom is 0.294 e. The number of carbonyl (C=O) groups is 1. The lowest BCUT2D eigenvalue weighted by molar-refractivity contribution is 0.0948. The molecule has 0 saturated carbocycles. The van der Waals surface area contributed by atoms with Crippen molar-refractivity contribution in [1.29, 1.82) is 0 Å². The minimum absolute atomic E-state index is 0.156. The van der Waals surface area contributed by atoms with E-state index in [-0.39, 0.29) is 5.91 Å². The molecule has 4 nitrogen and oxygen atoms in total. The van der Waals surface area contributed by atoms with Gasteiger partial charge in [0.05, 0.1) is 12.2 Å².